The largest absolute Gasteiger partial charge is 0.466 e. The molecule has 3 nitrogen and oxygen atoms in total. The molecule has 1 aromatic carbocycles. The zero-order valence-corrected chi connectivity index (χ0v) is 8.92. The molecule has 0 fully saturated rings. The fraction of sp³-hybridized carbons (Fsp3) is 0.0769. The smallest absolute Gasteiger partial charge is 0.330 e. The highest BCUT2D eigenvalue weighted by atomic mass is 16.5. The van der Waals surface area contributed by atoms with Crippen molar-refractivity contribution in [2.75, 3.05) is 7.11 Å². The normalized spacial score (nSPS) is 11.4. The van der Waals surface area contributed by atoms with Crippen LogP contribution in [0.15, 0.2) is 48.6 Å². The molecule has 0 saturated carbocycles. The maximum atomic E-state index is 10.9. The molecule has 3 heteroatoms. The van der Waals surface area contributed by atoms with E-state index in [-0.39, 0.29) is 0 Å². The highest BCUT2D eigenvalue weighted by molar-refractivity contribution is 5.91. The van der Waals surface area contributed by atoms with E-state index in [9.17, 15) is 9.59 Å². The number of carbonyl (C=O) groups is 2. The van der Waals surface area contributed by atoms with Crippen LogP contribution in [0.3, 0.4) is 0 Å². The average Bonchev–Trinajstić information content (AvgIpc) is 2.35. The van der Waals surface area contributed by atoms with Crippen molar-refractivity contribution in [3.63, 3.8) is 0 Å². The van der Waals surface area contributed by atoms with Gasteiger partial charge in [0.2, 0.25) is 0 Å². The van der Waals surface area contributed by atoms with Crippen LogP contribution in [0.5, 0.6) is 0 Å². The summed E-state index contributed by atoms with van der Waals surface area (Å²) in [4.78, 5) is 21.4. The fourth-order valence-corrected chi connectivity index (χ4v) is 1.18. The van der Waals surface area contributed by atoms with Crippen LogP contribution in [0.4, 0.5) is 0 Å². The van der Waals surface area contributed by atoms with Gasteiger partial charge in [0.25, 0.3) is 0 Å². The van der Waals surface area contributed by atoms with E-state index in [1.807, 2.05) is 30.3 Å². The van der Waals surface area contributed by atoms with Gasteiger partial charge in [-0.1, -0.05) is 30.3 Å². The quantitative estimate of drug-likeness (QED) is 0.334. The molecule has 0 aliphatic rings. The Balaban J connectivity index is 2.94. The molecule has 0 atom stereocenters. The molecule has 0 spiro atoms. The van der Waals surface area contributed by atoms with Crippen LogP contribution in [-0.4, -0.2) is 19.4 Å². The van der Waals surface area contributed by atoms with E-state index in [1.165, 1.54) is 19.3 Å². The number of benzene rings is 1. The third-order valence-electron chi connectivity index (χ3n) is 1.95. The van der Waals surface area contributed by atoms with Crippen molar-refractivity contribution in [3.05, 3.63) is 54.1 Å². The number of aldehydes is 1. The van der Waals surface area contributed by atoms with E-state index in [2.05, 4.69) is 4.74 Å². The highest BCUT2D eigenvalue weighted by Crippen LogP contribution is 2.14. The van der Waals surface area contributed by atoms with Crippen molar-refractivity contribution in [2.24, 2.45) is 0 Å². The number of esters is 1. The number of carbonyl (C=O) groups excluding carboxylic acids is 2. The molecule has 0 aliphatic carbocycles. The Morgan fingerprint density at radius 1 is 1.19 bits per heavy atom. The van der Waals surface area contributed by atoms with Gasteiger partial charge in [-0.2, -0.15) is 0 Å². The molecule has 0 heterocycles. The SMILES string of the molecule is COC(=O)/C=C/C(=C\C=O)c1ccccc1. The molecule has 0 bridgehead atoms. The molecule has 0 aromatic heterocycles. The Kier molecular flexibility index (Phi) is 4.73. The van der Waals surface area contributed by atoms with Gasteiger partial charge in [0.05, 0.1) is 7.11 Å². The summed E-state index contributed by atoms with van der Waals surface area (Å²) in [6.45, 7) is 0. The monoisotopic (exact) mass is 216 g/mol. The predicted molar refractivity (Wildman–Crippen MR) is 61.6 cm³/mol. The average molecular weight is 216 g/mol. The lowest BCUT2D eigenvalue weighted by Gasteiger charge is -2.00. The van der Waals surface area contributed by atoms with E-state index >= 15 is 0 Å². The van der Waals surface area contributed by atoms with Gasteiger partial charge in [-0.05, 0) is 23.3 Å². The lowest BCUT2D eigenvalue weighted by molar-refractivity contribution is -0.134. The first kappa shape index (κ1) is 11.9. The van der Waals surface area contributed by atoms with E-state index in [1.54, 1.807) is 6.08 Å². The molecule has 0 N–H and O–H groups in total. The first-order valence-corrected chi connectivity index (χ1v) is 4.75. The molecule has 0 aliphatic heterocycles. The Hall–Kier alpha value is -2.16. The van der Waals surface area contributed by atoms with Crippen molar-refractivity contribution in [1.29, 1.82) is 0 Å². The fourth-order valence-electron chi connectivity index (χ4n) is 1.18. The maximum Gasteiger partial charge on any atom is 0.330 e. The second-order valence-electron chi connectivity index (χ2n) is 2.98. The minimum absolute atomic E-state index is 0.451. The van der Waals surface area contributed by atoms with Gasteiger partial charge in [0, 0.05) is 6.08 Å². The first-order chi connectivity index (χ1) is 7.77. The van der Waals surface area contributed by atoms with E-state index in [4.69, 9.17) is 0 Å². The maximum absolute atomic E-state index is 10.9. The number of allylic oxidation sites excluding steroid dienone is 3. The summed E-state index contributed by atoms with van der Waals surface area (Å²) >= 11 is 0. The van der Waals surface area contributed by atoms with E-state index < -0.39 is 5.97 Å². The van der Waals surface area contributed by atoms with Crippen molar-refractivity contribution in [1.82, 2.24) is 0 Å². The van der Waals surface area contributed by atoms with Crippen LogP contribution in [0.1, 0.15) is 5.56 Å². The van der Waals surface area contributed by atoms with Crippen LogP contribution in [0.25, 0.3) is 5.57 Å². The molecule has 1 rings (SSSR count). The van der Waals surface area contributed by atoms with Crippen molar-refractivity contribution in [3.8, 4) is 0 Å². The minimum Gasteiger partial charge on any atom is -0.466 e. The Bertz CT molecular complexity index is 416. The van der Waals surface area contributed by atoms with Crippen molar-refractivity contribution < 1.29 is 14.3 Å². The summed E-state index contributed by atoms with van der Waals surface area (Å²) in [6, 6.07) is 9.32. The molecule has 82 valence electrons. The summed E-state index contributed by atoms with van der Waals surface area (Å²) in [5, 5.41) is 0. The standard InChI is InChI=1S/C13H12O3/c1-16-13(15)8-7-12(9-10-14)11-5-3-2-4-6-11/h2-10H,1H3/b8-7+,12-9+. The van der Waals surface area contributed by atoms with Gasteiger partial charge in [-0.3, -0.25) is 4.79 Å². The Morgan fingerprint density at radius 2 is 1.88 bits per heavy atom. The van der Waals surface area contributed by atoms with Gasteiger partial charge in [-0.15, -0.1) is 0 Å². The topological polar surface area (TPSA) is 43.4 Å². The van der Waals surface area contributed by atoms with Crippen LogP contribution < -0.4 is 0 Å². The molecule has 0 amide bonds. The number of hydrogen-bond donors (Lipinski definition) is 0. The molecule has 16 heavy (non-hydrogen) atoms. The number of rotatable bonds is 4. The number of ether oxygens (including phenoxy) is 1. The van der Waals surface area contributed by atoms with Gasteiger partial charge in [-0.25, -0.2) is 4.79 Å². The lowest BCUT2D eigenvalue weighted by atomic mass is 10.1. The molecule has 1 aromatic rings. The highest BCUT2D eigenvalue weighted by Gasteiger charge is 1.98. The van der Waals surface area contributed by atoms with Gasteiger partial charge in [0.15, 0.2) is 0 Å². The van der Waals surface area contributed by atoms with Gasteiger partial charge >= 0.3 is 5.97 Å². The third-order valence-corrected chi connectivity index (χ3v) is 1.95. The van der Waals surface area contributed by atoms with Gasteiger partial charge in [0.1, 0.15) is 6.29 Å². The number of methoxy groups -OCH3 is 1. The summed E-state index contributed by atoms with van der Waals surface area (Å²) < 4.78 is 4.47. The molecule has 0 unspecified atom stereocenters. The Labute approximate surface area is 94.0 Å². The zero-order valence-electron chi connectivity index (χ0n) is 8.92. The van der Waals surface area contributed by atoms with E-state index in [0.717, 1.165) is 5.56 Å². The molecule has 0 saturated heterocycles. The summed E-state index contributed by atoms with van der Waals surface area (Å²) in [6.07, 6.45) is 4.91. The summed E-state index contributed by atoms with van der Waals surface area (Å²) in [5.41, 5.74) is 1.54. The molecule has 0 radical (unpaired) electrons. The van der Waals surface area contributed by atoms with Gasteiger partial charge < -0.3 is 4.74 Å². The second-order valence-corrected chi connectivity index (χ2v) is 2.98. The molecular formula is C13H12O3. The predicted octanol–water partition coefficient (Wildman–Crippen LogP) is 2.00. The first-order valence-electron chi connectivity index (χ1n) is 4.75. The third kappa shape index (κ3) is 3.53. The second kappa shape index (κ2) is 6.35. The van der Waals surface area contributed by atoms with Crippen LogP contribution in [0.2, 0.25) is 0 Å². The van der Waals surface area contributed by atoms with Crippen LogP contribution in [-0.2, 0) is 14.3 Å². The minimum atomic E-state index is -0.451. The Morgan fingerprint density at radius 3 is 2.44 bits per heavy atom. The lowest BCUT2D eigenvalue weighted by Crippen LogP contribution is -1.94. The number of hydrogen-bond acceptors (Lipinski definition) is 3. The summed E-state index contributed by atoms with van der Waals surface area (Å²) in [7, 11) is 1.30. The van der Waals surface area contributed by atoms with E-state index in [0.29, 0.717) is 11.9 Å². The molecular weight excluding hydrogens is 204 g/mol. The van der Waals surface area contributed by atoms with Crippen LogP contribution in [0, 0.1) is 0 Å². The zero-order chi connectivity index (χ0) is 11.8. The summed E-state index contributed by atoms with van der Waals surface area (Å²) in [5.74, 6) is -0.451. The van der Waals surface area contributed by atoms with Crippen molar-refractivity contribution in [2.45, 2.75) is 0 Å². The van der Waals surface area contributed by atoms with Crippen molar-refractivity contribution >= 4 is 17.8 Å². The van der Waals surface area contributed by atoms with Crippen LogP contribution >= 0.6 is 0 Å².